The van der Waals surface area contributed by atoms with E-state index in [0.29, 0.717) is 6.04 Å². The fourth-order valence-corrected chi connectivity index (χ4v) is 3.22. The average Bonchev–Trinajstić information content (AvgIpc) is 2.48. The molecule has 1 saturated carbocycles. The highest BCUT2D eigenvalue weighted by Crippen LogP contribution is 2.37. The summed E-state index contributed by atoms with van der Waals surface area (Å²) in [6.45, 7) is 5.39. The molecule has 1 N–H and O–H groups in total. The first-order valence-corrected chi connectivity index (χ1v) is 8.13. The van der Waals surface area contributed by atoms with Gasteiger partial charge in [-0.2, -0.15) is 0 Å². The molecular formula is C20H25N. The van der Waals surface area contributed by atoms with Crippen LogP contribution in [0.25, 0.3) is 0 Å². The van der Waals surface area contributed by atoms with Crippen molar-refractivity contribution in [2.75, 3.05) is 0 Å². The second-order valence-corrected chi connectivity index (χ2v) is 6.28. The minimum atomic E-state index is 0.682. The third kappa shape index (κ3) is 3.36. The Balaban J connectivity index is 1.50. The Bertz CT molecular complexity index is 579. The van der Waals surface area contributed by atoms with E-state index in [-0.39, 0.29) is 0 Å². The van der Waals surface area contributed by atoms with E-state index in [1.807, 2.05) is 0 Å². The van der Waals surface area contributed by atoms with Crippen LogP contribution in [0.15, 0.2) is 48.5 Å². The van der Waals surface area contributed by atoms with E-state index in [0.717, 1.165) is 18.9 Å². The van der Waals surface area contributed by atoms with Gasteiger partial charge in [0, 0.05) is 12.6 Å². The number of hydrogen-bond acceptors (Lipinski definition) is 1. The molecule has 0 bridgehead atoms. The lowest BCUT2D eigenvalue weighted by atomic mass is 9.75. The summed E-state index contributed by atoms with van der Waals surface area (Å²) in [6, 6.07) is 18.5. The van der Waals surface area contributed by atoms with Crippen LogP contribution < -0.4 is 5.32 Å². The highest BCUT2D eigenvalue weighted by molar-refractivity contribution is 5.28. The molecule has 0 unspecified atom stereocenters. The van der Waals surface area contributed by atoms with Gasteiger partial charge in [0.1, 0.15) is 0 Å². The molecule has 0 aliphatic heterocycles. The third-order valence-corrected chi connectivity index (χ3v) is 4.77. The fourth-order valence-electron chi connectivity index (χ4n) is 3.22. The van der Waals surface area contributed by atoms with Crippen LogP contribution in [0.2, 0.25) is 0 Å². The van der Waals surface area contributed by atoms with Crippen molar-refractivity contribution >= 4 is 0 Å². The largest absolute Gasteiger partial charge is 0.310 e. The number of rotatable bonds is 5. The molecule has 2 aromatic rings. The van der Waals surface area contributed by atoms with Gasteiger partial charge in [0.05, 0.1) is 0 Å². The van der Waals surface area contributed by atoms with E-state index in [2.05, 4.69) is 67.7 Å². The second kappa shape index (κ2) is 6.44. The maximum atomic E-state index is 3.72. The predicted octanol–water partition coefficient (Wildman–Crippen LogP) is 4.59. The molecule has 0 amide bonds. The van der Waals surface area contributed by atoms with Crippen LogP contribution in [0.5, 0.6) is 0 Å². The van der Waals surface area contributed by atoms with Crippen molar-refractivity contribution in [1.29, 1.82) is 0 Å². The van der Waals surface area contributed by atoms with Crippen LogP contribution in [-0.4, -0.2) is 6.04 Å². The van der Waals surface area contributed by atoms with Crippen LogP contribution in [0.1, 0.15) is 47.9 Å². The van der Waals surface area contributed by atoms with Gasteiger partial charge in [0.25, 0.3) is 0 Å². The normalized spacial score (nSPS) is 21.0. The molecule has 0 atom stereocenters. The first kappa shape index (κ1) is 14.3. The topological polar surface area (TPSA) is 12.0 Å². The Kier molecular flexibility index (Phi) is 4.40. The highest BCUT2D eigenvalue weighted by Gasteiger charge is 2.29. The molecule has 2 aromatic carbocycles. The minimum Gasteiger partial charge on any atom is -0.310 e. The van der Waals surface area contributed by atoms with Crippen molar-refractivity contribution < 1.29 is 0 Å². The lowest BCUT2D eigenvalue weighted by Crippen LogP contribution is -2.39. The molecule has 1 nitrogen and oxygen atoms in total. The number of benzene rings is 2. The van der Waals surface area contributed by atoms with Gasteiger partial charge in [-0.15, -0.1) is 0 Å². The Labute approximate surface area is 128 Å². The summed E-state index contributed by atoms with van der Waals surface area (Å²) in [7, 11) is 0. The Morgan fingerprint density at radius 1 is 0.952 bits per heavy atom. The molecule has 1 aliphatic rings. The summed E-state index contributed by atoms with van der Waals surface area (Å²) in [6.07, 6.45) is 3.67. The standard InChI is InChI=1S/C20H25N/c1-3-16-6-4-5-7-18(16)14-21-20-12-19(13-20)17-10-8-15(2)9-11-17/h4-11,19-21H,3,12-14H2,1-2H3. The fraction of sp³-hybridized carbons (Fsp3) is 0.400. The summed E-state index contributed by atoms with van der Waals surface area (Å²) in [5.74, 6) is 0.754. The van der Waals surface area contributed by atoms with Gasteiger partial charge >= 0.3 is 0 Å². The minimum absolute atomic E-state index is 0.682. The van der Waals surface area contributed by atoms with E-state index in [9.17, 15) is 0 Å². The molecular weight excluding hydrogens is 254 g/mol. The molecule has 21 heavy (non-hydrogen) atoms. The van der Waals surface area contributed by atoms with Gasteiger partial charge in [-0.1, -0.05) is 61.0 Å². The van der Waals surface area contributed by atoms with Crippen LogP contribution in [-0.2, 0) is 13.0 Å². The van der Waals surface area contributed by atoms with Gasteiger partial charge < -0.3 is 5.32 Å². The van der Waals surface area contributed by atoms with Gasteiger partial charge in [0.15, 0.2) is 0 Å². The zero-order valence-corrected chi connectivity index (χ0v) is 13.1. The van der Waals surface area contributed by atoms with Crippen molar-refractivity contribution in [2.45, 2.75) is 51.6 Å². The lowest BCUT2D eigenvalue weighted by molar-refractivity contribution is 0.289. The molecule has 0 saturated heterocycles. The smallest absolute Gasteiger partial charge is 0.0210 e. The molecule has 1 aliphatic carbocycles. The number of hydrogen-bond donors (Lipinski definition) is 1. The Morgan fingerprint density at radius 3 is 2.29 bits per heavy atom. The summed E-state index contributed by atoms with van der Waals surface area (Å²) in [5, 5.41) is 3.72. The van der Waals surface area contributed by atoms with Gasteiger partial charge in [-0.05, 0) is 48.8 Å². The summed E-state index contributed by atoms with van der Waals surface area (Å²) < 4.78 is 0. The zero-order valence-electron chi connectivity index (χ0n) is 13.1. The maximum Gasteiger partial charge on any atom is 0.0210 e. The molecule has 0 spiro atoms. The van der Waals surface area contributed by atoms with Crippen molar-refractivity contribution in [2.24, 2.45) is 0 Å². The average molecular weight is 279 g/mol. The monoisotopic (exact) mass is 279 g/mol. The Morgan fingerprint density at radius 2 is 1.62 bits per heavy atom. The van der Waals surface area contributed by atoms with Crippen molar-refractivity contribution in [3.63, 3.8) is 0 Å². The quantitative estimate of drug-likeness (QED) is 0.844. The van der Waals surface area contributed by atoms with E-state index in [1.54, 1.807) is 0 Å². The lowest BCUT2D eigenvalue weighted by Gasteiger charge is -2.36. The molecule has 0 heterocycles. The molecule has 0 aromatic heterocycles. The van der Waals surface area contributed by atoms with Crippen LogP contribution >= 0.6 is 0 Å². The van der Waals surface area contributed by atoms with E-state index in [1.165, 1.54) is 35.1 Å². The predicted molar refractivity (Wildman–Crippen MR) is 89.6 cm³/mol. The summed E-state index contributed by atoms with van der Waals surface area (Å²) in [4.78, 5) is 0. The first-order chi connectivity index (χ1) is 10.3. The van der Waals surface area contributed by atoms with Gasteiger partial charge in [0.2, 0.25) is 0 Å². The van der Waals surface area contributed by atoms with E-state index < -0.39 is 0 Å². The summed E-state index contributed by atoms with van der Waals surface area (Å²) in [5.41, 5.74) is 5.79. The Hall–Kier alpha value is -1.60. The number of nitrogens with one attached hydrogen (secondary N) is 1. The van der Waals surface area contributed by atoms with Crippen LogP contribution in [0.4, 0.5) is 0 Å². The van der Waals surface area contributed by atoms with Crippen molar-refractivity contribution in [3.8, 4) is 0 Å². The molecule has 110 valence electrons. The molecule has 1 heteroatoms. The van der Waals surface area contributed by atoms with E-state index in [4.69, 9.17) is 0 Å². The van der Waals surface area contributed by atoms with Crippen molar-refractivity contribution in [3.05, 3.63) is 70.8 Å². The SMILES string of the molecule is CCc1ccccc1CNC1CC(c2ccc(C)cc2)C1. The van der Waals surface area contributed by atoms with Crippen molar-refractivity contribution in [1.82, 2.24) is 5.32 Å². The molecule has 0 radical (unpaired) electrons. The zero-order chi connectivity index (χ0) is 14.7. The summed E-state index contributed by atoms with van der Waals surface area (Å²) >= 11 is 0. The van der Waals surface area contributed by atoms with Crippen LogP contribution in [0, 0.1) is 6.92 Å². The number of aryl methyl sites for hydroxylation is 2. The highest BCUT2D eigenvalue weighted by atomic mass is 14.9. The third-order valence-electron chi connectivity index (χ3n) is 4.77. The van der Waals surface area contributed by atoms with Gasteiger partial charge in [-0.3, -0.25) is 0 Å². The van der Waals surface area contributed by atoms with E-state index >= 15 is 0 Å². The molecule has 1 fully saturated rings. The molecule has 3 rings (SSSR count). The van der Waals surface area contributed by atoms with Crippen LogP contribution in [0.3, 0.4) is 0 Å². The van der Waals surface area contributed by atoms with Gasteiger partial charge in [-0.25, -0.2) is 0 Å². The maximum absolute atomic E-state index is 3.72. The first-order valence-electron chi connectivity index (χ1n) is 8.13. The second-order valence-electron chi connectivity index (χ2n) is 6.28.